The average molecular weight is 241 g/mol. The fourth-order valence-electron chi connectivity index (χ4n) is 4.18. The minimum atomic E-state index is 0.429. The maximum Gasteiger partial charge on any atom is 0.0276 e. The predicted octanol–water partition coefficient (Wildman–Crippen LogP) is 4.33. The van der Waals surface area contributed by atoms with Crippen molar-refractivity contribution in [1.82, 2.24) is 0 Å². The van der Waals surface area contributed by atoms with E-state index in [4.69, 9.17) is 0 Å². The van der Waals surface area contributed by atoms with Crippen molar-refractivity contribution in [3.05, 3.63) is 35.5 Å². The van der Waals surface area contributed by atoms with E-state index in [0.717, 1.165) is 12.3 Å². The molecule has 0 spiro atoms. The van der Waals surface area contributed by atoms with Crippen molar-refractivity contribution in [2.24, 2.45) is 22.2 Å². The van der Waals surface area contributed by atoms with Gasteiger partial charge in [0.15, 0.2) is 0 Å². The van der Waals surface area contributed by atoms with E-state index in [2.05, 4.69) is 43.1 Å². The van der Waals surface area contributed by atoms with E-state index in [-0.39, 0.29) is 0 Å². The van der Waals surface area contributed by atoms with E-state index < -0.39 is 0 Å². The topological polar surface area (TPSA) is 12.4 Å². The van der Waals surface area contributed by atoms with Crippen LogP contribution in [0.2, 0.25) is 0 Å². The van der Waals surface area contributed by atoms with Gasteiger partial charge in [-0.2, -0.15) is 0 Å². The Bertz CT molecular complexity index is 478. The van der Waals surface area contributed by atoms with Crippen molar-refractivity contribution in [1.29, 1.82) is 0 Å². The number of nitrogens with zero attached hydrogens (tertiary/aromatic N) is 1. The van der Waals surface area contributed by atoms with Crippen LogP contribution >= 0.6 is 0 Å². The van der Waals surface area contributed by atoms with Crippen LogP contribution in [0.4, 0.5) is 0 Å². The molecule has 3 rings (SSSR count). The van der Waals surface area contributed by atoms with Crippen LogP contribution in [0.25, 0.3) is 0 Å². The van der Waals surface area contributed by atoms with E-state index >= 15 is 0 Å². The van der Waals surface area contributed by atoms with Crippen molar-refractivity contribution >= 4 is 5.71 Å². The van der Waals surface area contributed by atoms with Crippen LogP contribution in [0.3, 0.4) is 0 Å². The molecule has 3 aliphatic rings. The Hall–Kier alpha value is -1.11. The molecule has 3 atom stereocenters. The van der Waals surface area contributed by atoms with Crippen molar-refractivity contribution in [2.75, 3.05) is 7.05 Å². The molecule has 0 aliphatic heterocycles. The second-order valence-corrected chi connectivity index (χ2v) is 6.11. The van der Waals surface area contributed by atoms with E-state index in [0.29, 0.717) is 11.3 Å². The number of hydrogen-bond donors (Lipinski definition) is 0. The molecule has 0 amide bonds. The van der Waals surface area contributed by atoms with Gasteiger partial charge in [-0.25, -0.2) is 0 Å². The zero-order valence-corrected chi connectivity index (χ0v) is 11.7. The molecule has 3 aliphatic carbocycles. The highest BCUT2D eigenvalue weighted by Gasteiger charge is 2.51. The molecule has 1 fully saturated rings. The zero-order chi connectivity index (χ0) is 12.8. The maximum atomic E-state index is 4.46. The molecule has 0 bridgehead atoms. The molecule has 1 nitrogen and oxygen atoms in total. The van der Waals surface area contributed by atoms with Gasteiger partial charge in [-0.15, -0.1) is 0 Å². The summed E-state index contributed by atoms with van der Waals surface area (Å²) in [5.74, 6) is 1.44. The van der Waals surface area contributed by atoms with Crippen molar-refractivity contribution in [3.8, 4) is 0 Å². The van der Waals surface area contributed by atoms with Crippen molar-refractivity contribution in [2.45, 2.75) is 39.5 Å². The summed E-state index contributed by atoms with van der Waals surface area (Å²) in [5, 5.41) is 0. The summed E-state index contributed by atoms with van der Waals surface area (Å²) in [6.07, 6.45) is 14.1. The lowest BCUT2D eigenvalue weighted by molar-refractivity contribution is 0.173. The lowest BCUT2D eigenvalue weighted by Gasteiger charge is -2.37. The Labute approximate surface area is 110 Å². The third-order valence-electron chi connectivity index (χ3n) is 5.54. The Morgan fingerprint density at radius 2 is 2.17 bits per heavy atom. The van der Waals surface area contributed by atoms with Crippen LogP contribution in [-0.4, -0.2) is 12.8 Å². The van der Waals surface area contributed by atoms with E-state index in [1.165, 1.54) is 25.0 Å². The minimum absolute atomic E-state index is 0.429. The van der Waals surface area contributed by atoms with Gasteiger partial charge in [0.25, 0.3) is 0 Å². The summed E-state index contributed by atoms with van der Waals surface area (Å²) >= 11 is 0. The van der Waals surface area contributed by atoms with Gasteiger partial charge in [0.1, 0.15) is 0 Å². The maximum absolute atomic E-state index is 4.46. The Balaban J connectivity index is 2.09. The summed E-state index contributed by atoms with van der Waals surface area (Å²) < 4.78 is 0. The van der Waals surface area contributed by atoms with Crippen LogP contribution in [0, 0.1) is 17.3 Å². The smallest absolute Gasteiger partial charge is 0.0276 e. The lowest BCUT2D eigenvalue weighted by Crippen LogP contribution is -2.31. The van der Waals surface area contributed by atoms with Gasteiger partial charge in [0.2, 0.25) is 0 Å². The van der Waals surface area contributed by atoms with Gasteiger partial charge in [0.05, 0.1) is 0 Å². The van der Waals surface area contributed by atoms with Crippen LogP contribution < -0.4 is 0 Å². The Morgan fingerprint density at radius 3 is 2.89 bits per heavy atom. The second-order valence-electron chi connectivity index (χ2n) is 6.11. The molecule has 1 heteroatoms. The SMILES string of the molecule is CCC1(C)C2CC=CC=C2C2=CCC(=NC)CC21. The largest absolute Gasteiger partial charge is 0.297 e. The molecule has 0 N–H and O–H groups in total. The minimum Gasteiger partial charge on any atom is -0.297 e. The molecule has 18 heavy (non-hydrogen) atoms. The normalized spacial score (nSPS) is 40.3. The lowest BCUT2D eigenvalue weighted by atomic mass is 9.67. The van der Waals surface area contributed by atoms with Gasteiger partial charge in [-0.05, 0) is 47.7 Å². The molecule has 96 valence electrons. The summed E-state index contributed by atoms with van der Waals surface area (Å²) in [4.78, 5) is 4.46. The third kappa shape index (κ3) is 1.49. The first kappa shape index (κ1) is 12.0. The Kier molecular flexibility index (Phi) is 2.80. The molecule has 1 saturated carbocycles. The summed E-state index contributed by atoms with van der Waals surface area (Å²) in [6.45, 7) is 4.85. The standard InChI is InChI=1S/C17H23N/c1-4-17(2)15-8-6-5-7-13(15)14-10-9-12(18-3)11-16(14)17/h5-7,10,15-16H,4,8-9,11H2,1-3H3. The number of rotatable bonds is 1. The van der Waals surface area contributed by atoms with Crippen LogP contribution in [-0.2, 0) is 0 Å². The monoisotopic (exact) mass is 241 g/mol. The Morgan fingerprint density at radius 1 is 1.33 bits per heavy atom. The van der Waals surface area contributed by atoms with Gasteiger partial charge in [-0.3, -0.25) is 4.99 Å². The molecule has 3 unspecified atom stereocenters. The molecule has 0 aromatic heterocycles. The van der Waals surface area contributed by atoms with Crippen LogP contribution in [0.1, 0.15) is 39.5 Å². The van der Waals surface area contributed by atoms with Crippen molar-refractivity contribution < 1.29 is 0 Å². The van der Waals surface area contributed by atoms with Gasteiger partial charge >= 0.3 is 0 Å². The number of aliphatic imine (C=N–C) groups is 1. The highest BCUT2D eigenvalue weighted by atomic mass is 14.7. The molecule has 0 aromatic rings. The summed E-state index contributed by atoms with van der Waals surface area (Å²) in [7, 11) is 1.94. The fraction of sp³-hybridized carbons (Fsp3) is 0.588. The van der Waals surface area contributed by atoms with Crippen LogP contribution in [0.15, 0.2) is 40.4 Å². The number of hydrogen-bond acceptors (Lipinski definition) is 1. The molecule has 0 heterocycles. The first-order chi connectivity index (χ1) is 8.70. The molecular formula is C17H23N. The van der Waals surface area contributed by atoms with Gasteiger partial charge in [0, 0.05) is 19.2 Å². The molecule has 0 aromatic carbocycles. The molecule has 0 saturated heterocycles. The third-order valence-corrected chi connectivity index (χ3v) is 5.54. The summed E-state index contributed by atoms with van der Waals surface area (Å²) in [5.41, 5.74) is 5.08. The molecule has 0 radical (unpaired) electrons. The average Bonchev–Trinajstić information content (AvgIpc) is 2.69. The molecular weight excluding hydrogens is 218 g/mol. The van der Waals surface area contributed by atoms with E-state index in [1.807, 2.05) is 7.05 Å². The highest BCUT2D eigenvalue weighted by Crippen LogP contribution is 2.60. The van der Waals surface area contributed by atoms with E-state index in [1.54, 1.807) is 11.1 Å². The highest BCUT2D eigenvalue weighted by molar-refractivity contribution is 5.88. The van der Waals surface area contributed by atoms with Gasteiger partial charge in [-0.1, -0.05) is 38.2 Å². The quantitative estimate of drug-likeness (QED) is 0.648. The number of allylic oxidation sites excluding steroid dienone is 6. The zero-order valence-electron chi connectivity index (χ0n) is 11.7. The first-order valence-electron chi connectivity index (χ1n) is 7.22. The van der Waals surface area contributed by atoms with Crippen LogP contribution in [0.5, 0.6) is 0 Å². The van der Waals surface area contributed by atoms with Crippen molar-refractivity contribution in [3.63, 3.8) is 0 Å². The van der Waals surface area contributed by atoms with E-state index in [9.17, 15) is 0 Å². The number of fused-ring (bicyclic) bond motifs is 3. The van der Waals surface area contributed by atoms with Gasteiger partial charge < -0.3 is 0 Å². The summed E-state index contributed by atoms with van der Waals surface area (Å²) in [6, 6.07) is 0. The second kappa shape index (κ2) is 4.22. The fourth-order valence-corrected chi connectivity index (χ4v) is 4.18. The first-order valence-corrected chi connectivity index (χ1v) is 7.22. The predicted molar refractivity (Wildman–Crippen MR) is 77.9 cm³/mol.